The Morgan fingerprint density at radius 1 is 1.26 bits per heavy atom. The lowest BCUT2D eigenvalue weighted by Crippen LogP contribution is -2.25. The molecular formula is C19H16N6OS. The Kier molecular flexibility index (Phi) is 5.03. The zero-order valence-electron chi connectivity index (χ0n) is 14.4. The second-order valence-electron chi connectivity index (χ2n) is 5.82. The monoisotopic (exact) mass is 376 g/mol. The van der Waals surface area contributed by atoms with Gasteiger partial charge in [-0.05, 0) is 24.3 Å². The van der Waals surface area contributed by atoms with E-state index in [9.17, 15) is 5.26 Å². The standard InChI is InChI=1S/C19H16N6OS/c20-12-14(18-23-16-4-1-2-5-17(16)27-18)15-6-8-22-19(24-15)26-11-10-25-9-3-7-21-13-25/h1-9,14H,10-11,13H2. The van der Waals surface area contributed by atoms with E-state index < -0.39 is 5.92 Å². The topological polar surface area (TPSA) is 87.3 Å². The largest absolute Gasteiger partial charge is 0.462 e. The predicted molar refractivity (Wildman–Crippen MR) is 104 cm³/mol. The zero-order chi connectivity index (χ0) is 18.5. The third-order valence-electron chi connectivity index (χ3n) is 4.00. The van der Waals surface area contributed by atoms with Crippen molar-refractivity contribution in [3.63, 3.8) is 0 Å². The molecule has 1 aliphatic heterocycles. The number of nitrogens with zero attached hydrogens (tertiary/aromatic N) is 6. The molecule has 3 aromatic rings. The van der Waals surface area contributed by atoms with Gasteiger partial charge in [0.05, 0.1) is 28.5 Å². The van der Waals surface area contributed by atoms with Crippen molar-refractivity contribution in [3.8, 4) is 12.1 Å². The maximum Gasteiger partial charge on any atom is 0.316 e. The van der Waals surface area contributed by atoms with Gasteiger partial charge in [0.1, 0.15) is 24.2 Å². The van der Waals surface area contributed by atoms with E-state index in [1.165, 1.54) is 11.3 Å². The molecule has 0 aliphatic carbocycles. The van der Waals surface area contributed by atoms with Gasteiger partial charge in [0, 0.05) is 18.6 Å². The number of thiazole rings is 1. The van der Waals surface area contributed by atoms with Crippen LogP contribution in [0.2, 0.25) is 0 Å². The average molecular weight is 376 g/mol. The van der Waals surface area contributed by atoms with Crippen LogP contribution in [0, 0.1) is 11.3 Å². The molecule has 0 saturated heterocycles. The molecule has 0 fully saturated rings. The van der Waals surface area contributed by atoms with E-state index in [0.29, 0.717) is 25.5 Å². The maximum absolute atomic E-state index is 9.68. The summed E-state index contributed by atoms with van der Waals surface area (Å²) >= 11 is 1.50. The number of aliphatic imine (C=N–C) groups is 1. The first-order valence-corrected chi connectivity index (χ1v) is 9.26. The fraction of sp³-hybridized carbons (Fsp3) is 0.211. The number of benzene rings is 1. The number of aromatic nitrogens is 3. The number of rotatable bonds is 6. The van der Waals surface area contributed by atoms with Gasteiger partial charge >= 0.3 is 6.01 Å². The average Bonchev–Trinajstić information content (AvgIpc) is 3.13. The number of ether oxygens (including phenoxy) is 1. The zero-order valence-corrected chi connectivity index (χ0v) is 15.2. The van der Waals surface area contributed by atoms with Crippen LogP contribution in [0.15, 0.2) is 53.8 Å². The molecule has 4 rings (SSSR count). The number of fused-ring (bicyclic) bond motifs is 1. The van der Waals surface area contributed by atoms with E-state index in [1.54, 1.807) is 18.5 Å². The normalized spacial score (nSPS) is 14.3. The van der Waals surface area contributed by atoms with Gasteiger partial charge in [-0.3, -0.25) is 4.99 Å². The van der Waals surface area contributed by atoms with E-state index >= 15 is 0 Å². The molecule has 1 aliphatic rings. The van der Waals surface area contributed by atoms with Gasteiger partial charge in [-0.25, -0.2) is 9.97 Å². The van der Waals surface area contributed by atoms with Crippen molar-refractivity contribution in [2.24, 2.45) is 4.99 Å². The van der Waals surface area contributed by atoms with Crippen molar-refractivity contribution in [3.05, 3.63) is 59.5 Å². The minimum Gasteiger partial charge on any atom is -0.462 e. The smallest absolute Gasteiger partial charge is 0.316 e. The van der Waals surface area contributed by atoms with Crippen LogP contribution in [-0.4, -0.2) is 45.9 Å². The number of hydrogen-bond acceptors (Lipinski definition) is 8. The van der Waals surface area contributed by atoms with E-state index in [1.807, 2.05) is 41.4 Å². The third-order valence-corrected chi connectivity index (χ3v) is 5.10. The molecule has 7 nitrogen and oxygen atoms in total. The maximum atomic E-state index is 9.68. The number of hydrogen-bond donors (Lipinski definition) is 0. The highest BCUT2D eigenvalue weighted by Gasteiger charge is 2.20. The molecule has 0 N–H and O–H groups in total. The SMILES string of the molecule is N#CC(c1ccnc(OCCN2C=CC=NC2)n1)c1nc2ccccc2s1. The minimum atomic E-state index is -0.549. The van der Waals surface area contributed by atoms with Crippen LogP contribution in [-0.2, 0) is 0 Å². The lowest BCUT2D eigenvalue weighted by molar-refractivity contribution is 0.241. The molecule has 0 spiro atoms. The molecule has 0 radical (unpaired) electrons. The van der Waals surface area contributed by atoms with Gasteiger partial charge in [-0.15, -0.1) is 11.3 Å². The van der Waals surface area contributed by atoms with Crippen molar-refractivity contribution in [2.75, 3.05) is 19.8 Å². The molecule has 1 aromatic carbocycles. The third kappa shape index (κ3) is 3.93. The number of allylic oxidation sites excluding steroid dienone is 1. The van der Waals surface area contributed by atoms with E-state index in [2.05, 4.69) is 26.0 Å². The molecular weight excluding hydrogens is 360 g/mol. The predicted octanol–water partition coefficient (Wildman–Crippen LogP) is 2.98. The second-order valence-corrected chi connectivity index (χ2v) is 6.88. The molecule has 1 atom stereocenters. The van der Waals surface area contributed by atoms with Crippen molar-refractivity contribution >= 4 is 27.8 Å². The Morgan fingerprint density at radius 3 is 3.00 bits per heavy atom. The number of nitriles is 1. The van der Waals surface area contributed by atoms with E-state index in [-0.39, 0.29) is 6.01 Å². The summed E-state index contributed by atoms with van der Waals surface area (Å²) in [4.78, 5) is 19.3. The van der Waals surface area contributed by atoms with Crippen LogP contribution in [0.25, 0.3) is 10.2 Å². The van der Waals surface area contributed by atoms with Crippen LogP contribution in [0.4, 0.5) is 0 Å². The molecule has 0 amide bonds. The van der Waals surface area contributed by atoms with Crippen molar-refractivity contribution < 1.29 is 4.74 Å². The van der Waals surface area contributed by atoms with Crippen LogP contribution >= 0.6 is 11.3 Å². The summed E-state index contributed by atoms with van der Waals surface area (Å²) in [6.07, 6.45) is 7.23. The number of para-hydroxylation sites is 1. The van der Waals surface area contributed by atoms with Crippen molar-refractivity contribution in [1.82, 2.24) is 19.9 Å². The highest BCUT2D eigenvalue weighted by molar-refractivity contribution is 7.18. The summed E-state index contributed by atoms with van der Waals surface area (Å²) < 4.78 is 6.71. The van der Waals surface area contributed by atoms with Crippen molar-refractivity contribution in [1.29, 1.82) is 5.26 Å². The Balaban J connectivity index is 1.47. The van der Waals surface area contributed by atoms with E-state index in [4.69, 9.17) is 4.74 Å². The van der Waals surface area contributed by atoms with Crippen LogP contribution < -0.4 is 4.74 Å². The lowest BCUT2D eigenvalue weighted by atomic mass is 10.1. The fourth-order valence-electron chi connectivity index (χ4n) is 2.67. The van der Waals surface area contributed by atoms with Crippen LogP contribution in [0.1, 0.15) is 16.6 Å². The van der Waals surface area contributed by atoms with Gasteiger partial charge in [-0.2, -0.15) is 10.2 Å². The summed E-state index contributed by atoms with van der Waals surface area (Å²) in [6, 6.07) is 12.1. The molecule has 1 unspecified atom stereocenters. The molecule has 3 heterocycles. The van der Waals surface area contributed by atoms with Gasteiger partial charge < -0.3 is 9.64 Å². The first kappa shape index (κ1) is 17.1. The summed E-state index contributed by atoms with van der Waals surface area (Å²) in [7, 11) is 0. The van der Waals surface area contributed by atoms with Gasteiger partial charge in [0.25, 0.3) is 0 Å². The minimum absolute atomic E-state index is 0.262. The summed E-state index contributed by atoms with van der Waals surface area (Å²) in [6.45, 7) is 1.73. The lowest BCUT2D eigenvalue weighted by Gasteiger charge is -2.19. The highest BCUT2D eigenvalue weighted by atomic mass is 32.1. The first-order valence-electron chi connectivity index (χ1n) is 8.45. The van der Waals surface area contributed by atoms with Crippen molar-refractivity contribution in [2.45, 2.75) is 5.92 Å². The van der Waals surface area contributed by atoms with Crippen LogP contribution in [0.3, 0.4) is 0 Å². The fourth-order valence-corrected chi connectivity index (χ4v) is 3.69. The van der Waals surface area contributed by atoms with E-state index in [0.717, 1.165) is 15.2 Å². The van der Waals surface area contributed by atoms with Gasteiger partial charge in [0.2, 0.25) is 0 Å². The molecule has 27 heavy (non-hydrogen) atoms. The molecule has 2 aromatic heterocycles. The van der Waals surface area contributed by atoms with Gasteiger partial charge in [-0.1, -0.05) is 12.1 Å². The molecule has 0 bridgehead atoms. The Hall–Kier alpha value is -3.31. The molecule has 0 saturated carbocycles. The molecule has 8 heteroatoms. The summed E-state index contributed by atoms with van der Waals surface area (Å²) in [5, 5.41) is 10.4. The summed E-state index contributed by atoms with van der Waals surface area (Å²) in [5.74, 6) is -0.549. The Labute approximate surface area is 160 Å². The van der Waals surface area contributed by atoms with Crippen LogP contribution in [0.5, 0.6) is 6.01 Å². The Bertz CT molecular complexity index is 1000. The van der Waals surface area contributed by atoms with Gasteiger partial charge in [0.15, 0.2) is 0 Å². The molecule has 134 valence electrons. The second kappa shape index (κ2) is 7.93. The highest BCUT2D eigenvalue weighted by Crippen LogP contribution is 2.30. The Morgan fingerprint density at radius 2 is 2.19 bits per heavy atom. The summed E-state index contributed by atoms with van der Waals surface area (Å²) in [5.41, 5.74) is 1.48. The quantitative estimate of drug-likeness (QED) is 0.657. The first-order chi connectivity index (χ1) is 13.3.